The number of carbonyl (C=O) groups excluding carboxylic acids is 2. The standard InChI is InChI=1S/C15H16N4O2/c16-14(20)18-12-5-1-3-10(8-12)7-11-4-2-6-13(9-11)19-15(17)21/h1-6,8-9H,7H2,(H3,16,18,20)(H3,17,19,21). The zero-order valence-corrected chi connectivity index (χ0v) is 11.3. The average Bonchev–Trinajstić information content (AvgIpc) is 2.37. The number of benzene rings is 2. The Balaban J connectivity index is 2.14. The Hall–Kier alpha value is -3.02. The second-order valence-corrected chi connectivity index (χ2v) is 4.56. The van der Waals surface area contributed by atoms with Gasteiger partial charge in [0.25, 0.3) is 0 Å². The maximum atomic E-state index is 10.8. The summed E-state index contributed by atoms with van der Waals surface area (Å²) in [7, 11) is 0. The minimum atomic E-state index is -0.597. The van der Waals surface area contributed by atoms with Crippen LogP contribution in [0.1, 0.15) is 11.1 Å². The fourth-order valence-corrected chi connectivity index (χ4v) is 2.04. The summed E-state index contributed by atoms with van der Waals surface area (Å²) in [6.45, 7) is 0. The van der Waals surface area contributed by atoms with E-state index in [9.17, 15) is 9.59 Å². The van der Waals surface area contributed by atoms with E-state index in [0.717, 1.165) is 11.1 Å². The molecule has 6 nitrogen and oxygen atoms in total. The van der Waals surface area contributed by atoms with E-state index in [2.05, 4.69) is 10.6 Å². The fourth-order valence-electron chi connectivity index (χ4n) is 2.04. The van der Waals surface area contributed by atoms with Crippen molar-refractivity contribution in [2.75, 3.05) is 10.6 Å². The van der Waals surface area contributed by atoms with Crippen LogP contribution in [-0.2, 0) is 6.42 Å². The summed E-state index contributed by atoms with van der Waals surface area (Å²) >= 11 is 0. The molecule has 6 N–H and O–H groups in total. The smallest absolute Gasteiger partial charge is 0.316 e. The van der Waals surface area contributed by atoms with E-state index in [4.69, 9.17) is 11.5 Å². The predicted molar refractivity (Wildman–Crippen MR) is 82.1 cm³/mol. The van der Waals surface area contributed by atoms with E-state index in [1.165, 1.54) is 0 Å². The van der Waals surface area contributed by atoms with Gasteiger partial charge in [0.2, 0.25) is 0 Å². The minimum Gasteiger partial charge on any atom is -0.351 e. The number of urea groups is 2. The Labute approximate surface area is 122 Å². The number of hydrogen-bond donors (Lipinski definition) is 4. The molecule has 2 aromatic rings. The predicted octanol–water partition coefficient (Wildman–Crippen LogP) is 2.26. The molecule has 2 aromatic carbocycles. The van der Waals surface area contributed by atoms with Crippen LogP contribution >= 0.6 is 0 Å². The minimum absolute atomic E-state index is 0.597. The van der Waals surface area contributed by atoms with Crippen LogP contribution in [-0.4, -0.2) is 12.1 Å². The van der Waals surface area contributed by atoms with Crippen LogP contribution in [0.15, 0.2) is 48.5 Å². The zero-order valence-electron chi connectivity index (χ0n) is 11.3. The molecule has 0 aromatic heterocycles. The lowest BCUT2D eigenvalue weighted by molar-refractivity contribution is 0.258. The highest BCUT2D eigenvalue weighted by molar-refractivity contribution is 5.88. The first-order valence-electron chi connectivity index (χ1n) is 6.34. The molecule has 0 radical (unpaired) electrons. The molecule has 0 saturated carbocycles. The number of nitrogens with one attached hydrogen (secondary N) is 2. The molecule has 0 unspecified atom stereocenters. The molecule has 2 rings (SSSR count). The highest BCUT2D eigenvalue weighted by atomic mass is 16.2. The van der Waals surface area contributed by atoms with Gasteiger partial charge >= 0.3 is 12.1 Å². The normalized spacial score (nSPS) is 9.90. The molecule has 6 heteroatoms. The Kier molecular flexibility index (Phi) is 4.40. The van der Waals surface area contributed by atoms with Crippen LogP contribution < -0.4 is 22.1 Å². The Morgan fingerprint density at radius 2 is 1.24 bits per heavy atom. The lowest BCUT2D eigenvalue weighted by Crippen LogP contribution is -2.19. The van der Waals surface area contributed by atoms with Gasteiger partial charge in [-0.3, -0.25) is 0 Å². The van der Waals surface area contributed by atoms with Crippen LogP contribution in [0.25, 0.3) is 0 Å². The Morgan fingerprint density at radius 1 is 0.810 bits per heavy atom. The highest BCUT2D eigenvalue weighted by Crippen LogP contribution is 2.17. The van der Waals surface area contributed by atoms with E-state index in [-0.39, 0.29) is 0 Å². The quantitative estimate of drug-likeness (QED) is 0.690. The number of primary amides is 2. The first-order valence-corrected chi connectivity index (χ1v) is 6.34. The van der Waals surface area contributed by atoms with Gasteiger partial charge in [0, 0.05) is 11.4 Å². The molecule has 4 amide bonds. The van der Waals surface area contributed by atoms with Crippen LogP contribution in [0.5, 0.6) is 0 Å². The van der Waals surface area contributed by atoms with Gasteiger partial charge in [0.1, 0.15) is 0 Å². The number of anilines is 2. The number of nitrogens with two attached hydrogens (primary N) is 2. The number of amides is 4. The maximum Gasteiger partial charge on any atom is 0.316 e. The van der Waals surface area contributed by atoms with E-state index in [1.807, 2.05) is 36.4 Å². The van der Waals surface area contributed by atoms with Crippen molar-refractivity contribution >= 4 is 23.4 Å². The number of hydrogen-bond acceptors (Lipinski definition) is 2. The third-order valence-electron chi connectivity index (χ3n) is 2.80. The molecule has 21 heavy (non-hydrogen) atoms. The van der Waals surface area contributed by atoms with Crippen molar-refractivity contribution in [2.24, 2.45) is 11.5 Å². The maximum absolute atomic E-state index is 10.8. The molecular formula is C15H16N4O2. The van der Waals surface area contributed by atoms with Crippen molar-refractivity contribution in [3.8, 4) is 0 Å². The first kappa shape index (κ1) is 14.4. The van der Waals surface area contributed by atoms with E-state index in [0.29, 0.717) is 17.8 Å². The van der Waals surface area contributed by atoms with Crippen molar-refractivity contribution in [1.82, 2.24) is 0 Å². The van der Waals surface area contributed by atoms with Gasteiger partial charge in [-0.15, -0.1) is 0 Å². The average molecular weight is 284 g/mol. The van der Waals surface area contributed by atoms with E-state index >= 15 is 0 Å². The van der Waals surface area contributed by atoms with Crippen LogP contribution in [0.4, 0.5) is 21.0 Å². The second-order valence-electron chi connectivity index (χ2n) is 4.56. The lowest BCUT2D eigenvalue weighted by Gasteiger charge is -2.08. The summed E-state index contributed by atoms with van der Waals surface area (Å²) < 4.78 is 0. The van der Waals surface area contributed by atoms with Gasteiger partial charge in [-0.25, -0.2) is 9.59 Å². The first-order chi connectivity index (χ1) is 10.0. The summed E-state index contributed by atoms with van der Waals surface area (Å²) in [6.07, 6.45) is 0.655. The molecule has 0 heterocycles. The molecule has 0 spiro atoms. The van der Waals surface area contributed by atoms with Crippen LogP contribution in [0.2, 0.25) is 0 Å². The van der Waals surface area contributed by atoms with Crippen molar-refractivity contribution in [2.45, 2.75) is 6.42 Å². The van der Waals surface area contributed by atoms with Gasteiger partial charge in [-0.2, -0.15) is 0 Å². The summed E-state index contributed by atoms with van der Waals surface area (Å²) in [6, 6.07) is 13.6. The van der Waals surface area contributed by atoms with Gasteiger partial charge in [-0.1, -0.05) is 24.3 Å². The molecule has 0 fully saturated rings. The number of rotatable bonds is 4. The third kappa shape index (κ3) is 4.54. The third-order valence-corrected chi connectivity index (χ3v) is 2.80. The SMILES string of the molecule is NC(=O)Nc1cccc(Cc2cccc(NC(N)=O)c2)c1. The molecule has 0 saturated heterocycles. The van der Waals surface area contributed by atoms with Gasteiger partial charge < -0.3 is 22.1 Å². The fraction of sp³-hybridized carbons (Fsp3) is 0.0667. The highest BCUT2D eigenvalue weighted by Gasteiger charge is 2.02. The number of carbonyl (C=O) groups is 2. The summed E-state index contributed by atoms with van der Waals surface area (Å²) in [4.78, 5) is 21.7. The van der Waals surface area contributed by atoms with Crippen molar-refractivity contribution in [3.05, 3.63) is 59.7 Å². The van der Waals surface area contributed by atoms with Gasteiger partial charge in [-0.05, 0) is 41.8 Å². The molecule has 0 bridgehead atoms. The molecule has 0 aliphatic carbocycles. The molecule has 0 atom stereocenters. The largest absolute Gasteiger partial charge is 0.351 e. The van der Waals surface area contributed by atoms with E-state index in [1.54, 1.807) is 12.1 Å². The molecular weight excluding hydrogens is 268 g/mol. The van der Waals surface area contributed by atoms with Gasteiger partial charge in [0.15, 0.2) is 0 Å². The van der Waals surface area contributed by atoms with Crippen LogP contribution in [0.3, 0.4) is 0 Å². The Bertz CT molecular complexity index is 613. The van der Waals surface area contributed by atoms with Gasteiger partial charge in [0.05, 0.1) is 0 Å². The Morgan fingerprint density at radius 3 is 1.62 bits per heavy atom. The molecule has 0 aliphatic heterocycles. The zero-order chi connectivity index (χ0) is 15.2. The summed E-state index contributed by atoms with van der Waals surface area (Å²) in [5.74, 6) is 0. The summed E-state index contributed by atoms with van der Waals surface area (Å²) in [5, 5.41) is 5.07. The summed E-state index contributed by atoms with van der Waals surface area (Å²) in [5.41, 5.74) is 13.5. The molecule has 0 aliphatic rings. The van der Waals surface area contributed by atoms with Crippen molar-refractivity contribution < 1.29 is 9.59 Å². The van der Waals surface area contributed by atoms with Crippen molar-refractivity contribution in [3.63, 3.8) is 0 Å². The van der Waals surface area contributed by atoms with E-state index < -0.39 is 12.1 Å². The topological polar surface area (TPSA) is 110 Å². The molecule has 108 valence electrons. The monoisotopic (exact) mass is 284 g/mol. The van der Waals surface area contributed by atoms with Crippen molar-refractivity contribution in [1.29, 1.82) is 0 Å². The van der Waals surface area contributed by atoms with Crippen LogP contribution in [0, 0.1) is 0 Å². The second kappa shape index (κ2) is 6.42. The lowest BCUT2D eigenvalue weighted by atomic mass is 10.0.